The van der Waals surface area contributed by atoms with Gasteiger partial charge in [-0.15, -0.1) is 4.68 Å². The molecule has 4 aromatic carbocycles. The van der Waals surface area contributed by atoms with Gasteiger partial charge in [0.25, 0.3) is 6.33 Å². The van der Waals surface area contributed by atoms with E-state index in [0.29, 0.717) is 44.1 Å². The SMILES string of the molecule is CC[C@@H]([C@H](C)O)n1ncn(-c2ccc(N3CCN(c4ccc(OC[C@@H]5CO[C@@](Cn6c[n+](Cc7ccc(OC(C)=O)c(C)c7)cn6)(c6ccc(F)cc6F)C5)cc4)CC3)cc2)c1=O.[Br-]. The Kier molecular flexibility index (Phi) is 14.3. The van der Waals surface area contributed by atoms with Gasteiger partial charge in [-0.2, -0.15) is 5.10 Å². The maximum absolute atomic E-state index is 15.5. The Morgan fingerprint density at radius 3 is 2.25 bits per heavy atom. The van der Waals surface area contributed by atoms with Crippen LogP contribution in [0.2, 0.25) is 0 Å². The van der Waals surface area contributed by atoms with E-state index < -0.39 is 23.3 Å². The van der Waals surface area contributed by atoms with Crippen molar-refractivity contribution in [3.8, 4) is 17.2 Å². The first-order chi connectivity index (χ1) is 30.4. The highest BCUT2D eigenvalue weighted by Crippen LogP contribution is 2.42. The lowest BCUT2D eigenvalue weighted by atomic mass is 9.87. The normalized spacial score (nSPS) is 18.4. The molecule has 2 saturated heterocycles. The van der Waals surface area contributed by atoms with E-state index in [1.165, 1.54) is 34.6 Å². The number of esters is 1. The lowest BCUT2D eigenvalue weighted by molar-refractivity contribution is -0.689. The Morgan fingerprint density at radius 1 is 0.953 bits per heavy atom. The van der Waals surface area contributed by atoms with Crippen molar-refractivity contribution < 1.29 is 54.4 Å². The highest BCUT2D eigenvalue weighted by atomic mass is 79.9. The van der Waals surface area contributed by atoms with Crippen LogP contribution in [-0.2, 0) is 28.2 Å². The second-order valence-corrected chi connectivity index (χ2v) is 16.5. The Hall–Kier alpha value is -5.91. The molecule has 338 valence electrons. The largest absolute Gasteiger partial charge is 1.00 e. The summed E-state index contributed by atoms with van der Waals surface area (Å²) in [6.07, 6.45) is 5.36. The molecule has 0 aliphatic carbocycles. The summed E-state index contributed by atoms with van der Waals surface area (Å²) in [6, 6.07) is 24.8. The summed E-state index contributed by atoms with van der Waals surface area (Å²) in [4.78, 5) is 29.2. The first-order valence-corrected chi connectivity index (χ1v) is 21.3. The van der Waals surface area contributed by atoms with Gasteiger partial charge in [0.2, 0.25) is 6.33 Å². The minimum absolute atomic E-state index is 0. The Morgan fingerprint density at radius 2 is 1.62 bits per heavy atom. The first-order valence-electron chi connectivity index (χ1n) is 21.3. The van der Waals surface area contributed by atoms with E-state index in [2.05, 4.69) is 32.1 Å². The van der Waals surface area contributed by atoms with Crippen LogP contribution >= 0.6 is 0 Å². The number of carbonyl (C=O) groups is 1. The molecule has 4 heterocycles. The minimum Gasteiger partial charge on any atom is -1.00 e. The van der Waals surface area contributed by atoms with E-state index in [9.17, 15) is 19.1 Å². The molecule has 14 nitrogen and oxygen atoms in total. The van der Waals surface area contributed by atoms with Crippen LogP contribution in [0.1, 0.15) is 56.3 Å². The molecule has 0 spiro atoms. The number of anilines is 2. The van der Waals surface area contributed by atoms with Crippen molar-refractivity contribution in [3.63, 3.8) is 0 Å². The van der Waals surface area contributed by atoms with Crippen LogP contribution in [0, 0.1) is 24.5 Å². The third-order valence-corrected chi connectivity index (χ3v) is 12.0. The predicted molar refractivity (Wildman–Crippen MR) is 231 cm³/mol. The number of nitrogens with zero attached hydrogens (tertiary/aromatic N) is 8. The monoisotopic (exact) mass is 942 g/mol. The van der Waals surface area contributed by atoms with Crippen LogP contribution < -0.4 is 46.5 Å². The van der Waals surface area contributed by atoms with Crippen LogP contribution in [-0.4, -0.2) is 80.7 Å². The van der Waals surface area contributed by atoms with Gasteiger partial charge in [-0.3, -0.25) is 4.79 Å². The van der Waals surface area contributed by atoms with E-state index in [1.807, 2.05) is 73.3 Å². The van der Waals surface area contributed by atoms with Gasteiger partial charge in [0.05, 0.1) is 37.6 Å². The fourth-order valence-electron chi connectivity index (χ4n) is 8.74. The van der Waals surface area contributed by atoms with E-state index >= 15 is 4.39 Å². The molecule has 0 radical (unpaired) electrons. The Bertz CT molecular complexity index is 2590. The summed E-state index contributed by atoms with van der Waals surface area (Å²) in [5.74, 6) is -0.552. The molecule has 6 aromatic rings. The molecule has 0 saturated carbocycles. The molecule has 2 aliphatic rings. The highest BCUT2D eigenvalue weighted by Gasteiger charge is 2.46. The molecule has 2 aliphatic heterocycles. The van der Waals surface area contributed by atoms with Gasteiger partial charge in [0.15, 0.2) is 0 Å². The van der Waals surface area contributed by atoms with E-state index in [1.54, 1.807) is 24.0 Å². The second-order valence-electron chi connectivity index (χ2n) is 16.5. The summed E-state index contributed by atoms with van der Waals surface area (Å²) in [7, 11) is 0. The number of hydrogen-bond acceptors (Lipinski definition) is 10. The van der Waals surface area contributed by atoms with E-state index in [4.69, 9.17) is 14.2 Å². The molecular formula is C47H53BrF2N8O6. The topological polar surface area (TPSA) is 133 Å². The molecule has 0 amide bonds. The first kappa shape index (κ1) is 46.1. The summed E-state index contributed by atoms with van der Waals surface area (Å²) in [6.45, 7) is 11.5. The standard InChI is InChI=1S/C47H53F2N8O6.BrH/c1-5-44(33(3)58)57-46(60)56(30-51-57)40-10-8-38(9-11-40)53-18-20-54(21-19-53)39-12-14-41(15-13-39)61-26-36-24-47(62-27-36,42-16-7-37(48)23-43(42)49)28-55-31-52(29-50-55)25-35-6-17-45(32(2)22-35)63-34(4)59;/h6-17,22-23,29-31,33,36,44,58H,5,18-21,24-28H2,1-4H3;1H/q+1;/p-1/t33-,36+,44-,47-;/m0./s1. The van der Waals surface area contributed by atoms with Gasteiger partial charge >= 0.3 is 11.7 Å². The Labute approximate surface area is 381 Å². The van der Waals surface area contributed by atoms with Gasteiger partial charge < -0.3 is 46.1 Å². The second kappa shape index (κ2) is 19.9. The van der Waals surface area contributed by atoms with Gasteiger partial charge in [-0.05, 0) is 105 Å². The van der Waals surface area contributed by atoms with Crippen molar-refractivity contribution in [2.75, 3.05) is 49.2 Å². The van der Waals surface area contributed by atoms with Crippen LogP contribution in [0.15, 0.2) is 109 Å². The van der Waals surface area contributed by atoms with Crippen molar-refractivity contribution in [2.24, 2.45) is 5.92 Å². The average molecular weight is 944 g/mol. The molecule has 1 N–H and O–H groups in total. The maximum atomic E-state index is 15.5. The van der Waals surface area contributed by atoms with Crippen molar-refractivity contribution >= 4 is 17.3 Å². The number of aliphatic hydroxyl groups is 1. The maximum Gasteiger partial charge on any atom is 0.350 e. The molecule has 64 heavy (non-hydrogen) atoms. The van der Waals surface area contributed by atoms with Crippen molar-refractivity contribution in [2.45, 2.75) is 71.4 Å². The molecular weight excluding hydrogens is 890 g/mol. The number of rotatable bonds is 15. The smallest absolute Gasteiger partial charge is 0.350 e. The number of aryl methyl sites for hydroxylation is 1. The third-order valence-electron chi connectivity index (χ3n) is 12.0. The third kappa shape index (κ3) is 10.2. The number of hydrogen-bond donors (Lipinski definition) is 1. The summed E-state index contributed by atoms with van der Waals surface area (Å²) >= 11 is 0. The van der Waals surface area contributed by atoms with Crippen molar-refractivity contribution in [3.05, 3.63) is 143 Å². The summed E-state index contributed by atoms with van der Waals surface area (Å²) in [5, 5.41) is 18.9. The zero-order valence-corrected chi connectivity index (χ0v) is 37.9. The summed E-state index contributed by atoms with van der Waals surface area (Å²) in [5.41, 5.74) is 3.59. The quantitative estimate of drug-likeness (QED) is 0.0933. The lowest BCUT2D eigenvalue weighted by Crippen LogP contribution is -3.00. The van der Waals surface area contributed by atoms with Crippen molar-refractivity contribution in [1.29, 1.82) is 0 Å². The number of carbonyl (C=O) groups excluding carboxylic acids is 1. The molecule has 2 aromatic heterocycles. The summed E-state index contributed by atoms with van der Waals surface area (Å²) < 4.78 is 54.0. The predicted octanol–water partition coefficient (Wildman–Crippen LogP) is 2.75. The van der Waals surface area contributed by atoms with Gasteiger partial charge in [0.1, 0.15) is 41.6 Å². The van der Waals surface area contributed by atoms with Crippen LogP contribution in [0.4, 0.5) is 20.2 Å². The molecule has 8 rings (SSSR count). The van der Waals surface area contributed by atoms with Gasteiger partial charge in [-0.25, -0.2) is 27.4 Å². The molecule has 4 atom stereocenters. The molecule has 0 unspecified atom stereocenters. The zero-order valence-electron chi connectivity index (χ0n) is 36.3. The average Bonchev–Trinajstić information content (AvgIpc) is 4.00. The molecule has 2 fully saturated rings. The zero-order chi connectivity index (χ0) is 44.3. The highest BCUT2D eigenvalue weighted by molar-refractivity contribution is 5.69. The van der Waals surface area contributed by atoms with Crippen molar-refractivity contribution in [1.82, 2.24) is 24.1 Å². The number of ether oxygens (including phenoxy) is 3. The molecule has 0 bridgehead atoms. The number of halogens is 3. The Balaban J connectivity index is 0.00000612. The van der Waals surface area contributed by atoms with Gasteiger partial charge in [0, 0.05) is 67.1 Å². The van der Waals surface area contributed by atoms with E-state index in [-0.39, 0.29) is 52.7 Å². The fraction of sp³-hybridized carbons (Fsp3) is 0.383. The fourth-order valence-corrected chi connectivity index (χ4v) is 8.74. The number of piperazine rings is 1. The van der Waals surface area contributed by atoms with Crippen LogP contribution in [0.25, 0.3) is 5.69 Å². The minimum atomic E-state index is -1.10. The number of benzene rings is 4. The number of aromatic nitrogens is 6. The lowest BCUT2D eigenvalue weighted by Gasteiger charge is -2.37. The molecule has 17 heteroatoms. The van der Waals surface area contributed by atoms with E-state index in [0.717, 1.165) is 60.4 Å². The van der Waals surface area contributed by atoms with Crippen LogP contribution in [0.5, 0.6) is 11.5 Å². The van der Waals surface area contributed by atoms with Gasteiger partial charge in [-0.1, -0.05) is 19.1 Å². The number of aliphatic hydroxyl groups excluding tert-OH is 1. The van der Waals surface area contributed by atoms with Crippen LogP contribution in [0.3, 0.4) is 0 Å².